The van der Waals surface area contributed by atoms with Crippen LogP contribution in [-0.2, 0) is 0 Å². The lowest BCUT2D eigenvalue weighted by molar-refractivity contribution is 0.102. The highest BCUT2D eigenvalue weighted by atomic mass is 16.5. The van der Waals surface area contributed by atoms with Crippen LogP contribution in [0.4, 0.5) is 5.69 Å². The SMILES string of the molecule is CCCOc1ccccc1NC(=O)c1cc2ccccc2c(=O)[nH]1. The predicted octanol–water partition coefficient (Wildman–Crippen LogP) is 3.57. The number of ether oxygens (including phenoxy) is 1. The van der Waals surface area contributed by atoms with Gasteiger partial charge in [0, 0.05) is 5.39 Å². The van der Waals surface area contributed by atoms with Crippen LogP contribution in [0.5, 0.6) is 5.75 Å². The number of carbonyl (C=O) groups is 1. The number of benzene rings is 2. The number of pyridine rings is 1. The maximum absolute atomic E-state index is 12.5. The number of aromatic nitrogens is 1. The van der Waals surface area contributed by atoms with Crippen molar-refractivity contribution in [3.05, 3.63) is 70.6 Å². The van der Waals surface area contributed by atoms with E-state index in [1.54, 1.807) is 36.4 Å². The molecular formula is C19H18N2O3. The molecule has 1 aromatic heterocycles. The zero-order valence-electron chi connectivity index (χ0n) is 13.3. The van der Waals surface area contributed by atoms with Crippen LogP contribution in [0.1, 0.15) is 23.8 Å². The summed E-state index contributed by atoms with van der Waals surface area (Å²) >= 11 is 0. The van der Waals surface area contributed by atoms with E-state index in [2.05, 4.69) is 10.3 Å². The molecule has 0 radical (unpaired) electrons. The molecule has 0 saturated carbocycles. The molecule has 3 aromatic rings. The summed E-state index contributed by atoms with van der Waals surface area (Å²) in [6.07, 6.45) is 0.875. The van der Waals surface area contributed by atoms with E-state index in [1.807, 2.05) is 25.1 Å². The Morgan fingerprint density at radius 1 is 1.12 bits per heavy atom. The normalized spacial score (nSPS) is 10.5. The molecule has 122 valence electrons. The standard InChI is InChI=1S/C19H18N2O3/c1-2-11-24-17-10-6-5-9-15(17)20-19(23)16-12-13-7-3-4-8-14(13)18(22)21-16/h3-10,12H,2,11H2,1H3,(H,20,23)(H,21,22). The van der Waals surface area contributed by atoms with Crippen molar-refractivity contribution in [3.8, 4) is 5.75 Å². The fourth-order valence-corrected chi connectivity index (χ4v) is 2.43. The number of carbonyl (C=O) groups excluding carboxylic acids is 1. The summed E-state index contributed by atoms with van der Waals surface area (Å²) < 4.78 is 5.63. The molecule has 0 aliphatic heterocycles. The topological polar surface area (TPSA) is 71.2 Å². The second kappa shape index (κ2) is 7.00. The van der Waals surface area contributed by atoms with E-state index in [-0.39, 0.29) is 17.2 Å². The maximum atomic E-state index is 12.5. The van der Waals surface area contributed by atoms with Gasteiger partial charge < -0.3 is 15.0 Å². The van der Waals surface area contributed by atoms with Gasteiger partial charge in [0.05, 0.1) is 12.3 Å². The number of anilines is 1. The van der Waals surface area contributed by atoms with Crippen LogP contribution >= 0.6 is 0 Å². The number of amides is 1. The first-order valence-electron chi connectivity index (χ1n) is 7.84. The largest absolute Gasteiger partial charge is 0.491 e. The van der Waals surface area contributed by atoms with E-state index in [9.17, 15) is 9.59 Å². The van der Waals surface area contributed by atoms with Gasteiger partial charge in [-0.1, -0.05) is 37.3 Å². The van der Waals surface area contributed by atoms with Crippen LogP contribution in [0.15, 0.2) is 59.4 Å². The molecule has 3 rings (SSSR count). The molecule has 0 atom stereocenters. The third-order valence-electron chi connectivity index (χ3n) is 3.60. The van der Waals surface area contributed by atoms with Gasteiger partial charge in [0.1, 0.15) is 11.4 Å². The van der Waals surface area contributed by atoms with Crippen LogP contribution < -0.4 is 15.6 Å². The highest BCUT2D eigenvalue weighted by Crippen LogP contribution is 2.24. The number of rotatable bonds is 5. The molecule has 5 nitrogen and oxygen atoms in total. The molecule has 0 aliphatic rings. The van der Waals surface area contributed by atoms with Gasteiger partial charge >= 0.3 is 0 Å². The predicted molar refractivity (Wildman–Crippen MR) is 94.7 cm³/mol. The van der Waals surface area contributed by atoms with E-state index in [1.165, 1.54) is 0 Å². The van der Waals surface area contributed by atoms with Crippen LogP contribution in [0.3, 0.4) is 0 Å². The molecule has 24 heavy (non-hydrogen) atoms. The Morgan fingerprint density at radius 3 is 2.71 bits per heavy atom. The average molecular weight is 322 g/mol. The van der Waals surface area contributed by atoms with Crippen molar-refractivity contribution in [2.45, 2.75) is 13.3 Å². The van der Waals surface area contributed by atoms with Crippen LogP contribution in [0, 0.1) is 0 Å². The highest BCUT2D eigenvalue weighted by Gasteiger charge is 2.12. The number of para-hydroxylation sites is 2. The molecular weight excluding hydrogens is 304 g/mol. The third kappa shape index (κ3) is 3.30. The van der Waals surface area contributed by atoms with Crippen molar-refractivity contribution in [2.24, 2.45) is 0 Å². The Kier molecular flexibility index (Phi) is 4.61. The Balaban J connectivity index is 1.89. The quantitative estimate of drug-likeness (QED) is 0.754. The minimum absolute atomic E-state index is 0.212. The molecule has 0 unspecified atom stereocenters. The van der Waals surface area contributed by atoms with Gasteiger partial charge in [0.15, 0.2) is 0 Å². The number of nitrogens with one attached hydrogen (secondary N) is 2. The highest BCUT2D eigenvalue weighted by molar-refractivity contribution is 6.05. The monoisotopic (exact) mass is 322 g/mol. The molecule has 1 amide bonds. The van der Waals surface area contributed by atoms with E-state index < -0.39 is 0 Å². The first-order chi connectivity index (χ1) is 11.7. The summed E-state index contributed by atoms with van der Waals surface area (Å²) in [4.78, 5) is 27.2. The van der Waals surface area contributed by atoms with Crippen molar-refractivity contribution in [2.75, 3.05) is 11.9 Å². The molecule has 0 bridgehead atoms. The van der Waals surface area contributed by atoms with Crippen molar-refractivity contribution in [3.63, 3.8) is 0 Å². The molecule has 1 heterocycles. The lowest BCUT2D eigenvalue weighted by Gasteiger charge is -2.12. The number of fused-ring (bicyclic) bond motifs is 1. The molecule has 2 aromatic carbocycles. The van der Waals surface area contributed by atoms with E-state index in [4.69, 9.17) is 4.74 Å². The molecule has 2 N–H and O–H groups in total. The van der Waals surface area contributed by atoms with Gasteiger partial charge in [-0.05, 0) is 36.1 Å². The number of hydrogen-bond donors (Lipinski definition) is 2. The fraction of sp³-hybridized carbons (Fsp3) is 0.158. The minimum Gasteiger partial charge on any atom is -0.491 e. The van der Waals surface area contributed by atoms with Gasteiger partial charge in [-0.15, -0.1) is 0 Å². The number of hydrogen-bond acceptors (Lipinski definition) is 3. The van der Waals surface area contributed by atoms with E-state index in [0.29, 0.717) is 23.4 Å². The van der Waals surface area contributed by atoms with Crippen LogP contribution in [-0.4, -0.2) is 17.5 Å². The third-order valence-corrected chi connectivity index (χ3v) is 3.60. The van der Waals surface area contributed by atoms with Crippen molar-refractivity contribution >= 4 is 22.4 Å². The Bertz CT molecular complexity index is 931. The summed E-state index contributed by atoms with van der Waals surface area (Å²) in [6, 6.07) is 16.0. The number of aromatic amines is 1. The van der Waals surface area contributed by atoms with E-state index >= 15 is 0 Å². The number of H-pyrrole nitrogens is 1. The first-order valence-corrected chi connectivity index (χ1v) is 7.84. The molecule has 0 saturated heterocycles. The molecule has 0 aliphatic carbocycles. The second-order valence-corrected chi connectivity index (χ2v) is 5.40. The zero-order chi connectivity index (χ0) is 16.9. The lowest BCUT2D eigenvalue weighted by atomic mass is 10.1. The van der Waals surface area contributed by atoms with Gasteiger partial charge in [-0.2, -0.15) is 0 Å². The summed E-state index contributed by atoms with van der Waals surface area (Å²) in [5, 5.41) is 4.07. The minimum atomic E-state index is -0.384. The van der Waals surface area contributed by atoms with Crippen molar-refractivity contribution in [1.82, 2.24) is 4.98 Å². The summed E-state index contributed by atoms with van der Waals surface area (Å²) in [7, 11) is 0. The van der Waals surface area contributed by atoms with Crippen LogP contribution in [0.2, 0.25) is 0 Å². The Labute approximate surface area is 139 Å². The van der Waals surface area contributed by atoms with Gasteiger partial charge in [-0.25, -0.2) is 0 Å². The van der Waals surface area contributed by atoms with Crippen molar-refractivity contribution < 1.29 is 9.53 Å². The summed E-state index contributed by atoms with van der Waals surface area (Å²) in [5.41, 5.74) is 0.503. The second-order valence-electron chi connectivity index (χ2n) is 5.40. The fourth-order valence-electron chi connectivity index (χ4n) is 2.43. The lowest BCUT2D eigenvalue weighted by Crippen LogP contribution is -2.19. The summed E-state index contributed by atoms with van der Waals surface area (Å²) in [6.45, 7) is 2.58. The first kappa shape index (κ1) is 15.8. The smallest absolute Gasteiger partial charge is 0.272 e. The van der Waals surface area contributed by atoms with Crippen LogP contribution in [0.25, 0.3) is 10.8 Å². The van der Waals surface area contributed by atoms with Crippen molar-refractivity contribution in [1.29, 1.82) is 0 Å². The van der Waals surface area contributed by atoms with Gasteiger partial charge in [-0.3, -0.25) is 9.59 Å². The van der Waals surface area contributed by atoms with Gasteiger partial charge in [0.25, 0.3) is 11.5 Å². The Hall–Kier alpha value is -3.08. The molecule has 0 fully saturated rings. The van der Waals surface area contributed by atoms with Gasteiger partial charge in [0.2, 0.25) is 0 Å². The zero-order valence-corrected chi connectivity index (χ0v) is 13.3. The maximum Gasteiger partial charge on any atom is 0.272 e. The molecule has 0 spiro atoms. The average Bonchev–Trinajstić information content (AvgIpc) is 2.61. The van der Waals surface area contributed by atoms with E-state index in [0.717, 1.165) is 11.8 Å². The Morgan fingerprint density at radius 2 is 1.88 bits per heavy atom. The molecule has 5 heteroatoms. The summed E-state index contributed by atoms with van der Waals surface area (Å²) in [5.74, 6) is 0.223.